The molecule has 1 aromatic heterocycles. The van der Waals surface area contributed by atoms with Gasteiger partial charge in [-0.15, -0.1) is 0 Å². The van der Waals surface area contributed by atoms with Gasteiger partial charge in [0.05, 0.1) is 12.3 Å². The fraction of sp³-hybridized carbons (Fsp3) is 0.800. The quantitative estimate of drug-likeness (QED) is 0.785. The van der Waals surface area contributed by atoms with Crippen LogP contribution in [0.5, 0.6) is 0 Å². The van der Waals surface area contributed by atoms with Gasteiger partial charge in [0.2, 0.25) is 0 Å². The Hall–Kier alpha value is -0.870. The van der Waals surface area contributed by atoms with Crippen LogP contribution in [0, 0.1) is 0 Å². The average molecular weight is 265 g/mol. The molecule has 4 heteroatoms. The summed E-state index contributed by atoms with van der Waals surface area (Å²) < 4.78 is 7.76. The first-order valence-corrected chi connectivity index (χ1v) is 7.70. The van der Waals surface area contributed by atoms with Gasteiger partial charge in [0.25, 0.3) is 0 Å². The molecule has 19 heavy (non-hydrogen) atoms. The van der Waals surface area contributed by atoms with Gasteiger partial charge in [0.15, 0.2) is 0 Å². The number of rotatable bonds is 8. The van der Waals surface area contributed by atoms with Crippen LogP contribution in [-0.2, 0) is 11.3 Å². The molecular weight excluding hydrogens is 238 g/mol. The van der Waals surface area contributed by atoms with Gasteiger partial charge in [-0.05, 0) is 38.6 Å². The van der Waals surface area contributed by atoms with Gasteiger partial charge in [-0.1, -0.05) is 13.8 Å². The number of aromatic nitrogens is 2. The summed E-state index contributed by atoms with van der Waals surface area (Å²) in [6.07, 6.45) is 10.5. The molecule has 2 atom stereocenters. The van der Waals surface area contributed by atoms with Gasteiger partial charge in [-0.25, -0.2) is 0 Å². The van der Waals surface area contributed by atoms with Gasteiger partial charge < -0.3 is 10.1 Å². The molecule has 2 heterocycles. The van der Waals surface area contributed by atoms with Crippen LogP contribution >= 0.6 is 0 Å². The van der Waals surface area contributed by atoms with Crippen LogP contribution in [0.3, 0.4) is 0 Å². The molecule has 1 N–H and O–H groups in total. The average Bonchev–Trinajstić information content (AvgIpc) is 3.06. The highest BCUT2D eigenvalue weighted by Gasteiger charge is 2.19. The van der Waals surface area contributed by atoms with Crippen molar-refractivity contribution in [2.75, 3.05) is 13.2 Å². The van der Waals surface area contributed by atoms with Crippen molar-refractivity contribution in [3.8, 4) is 0 Å². The van der Waals surface area contributed by atoms with Crippen LogP contribution < -0.4 is 5.32 Å². The first-order valence-electron chi connectivity index (χ1n) is 7.70. The lowest BCUT2D eigenvalue weighted by molar-refractivity contribution is 0.0996. The molecule has 0 aromatic carbocycles. The number of nitrogens with one attached hydrogen (secondary N) is 1. The molecule has 0 bridgehead atoms. The van der Waals surface area contributed by atoms with E-state index in [1.54, 1.807) is 0 Å². The molecule has 2 rings (SSSR count). The Balaban J connectivity index is 1.89. The maximum atomic E-state index is 5.71. The molecular formula is C15H27N3O. The number of ether oxygens (including phenoxy) is 1. The molecule has 1 fully saturated rings. The lowest BCUT2D eigenvalue weighted by Gasteiger charge is -2.18. The Labute approximate surface area is 116 Å². The molecule has 0 radical (unpaired) electrons. The van der Waals surface area contributed by atoms with Gasteiger partial charge in [0, 0.05) is 31.0 Å². The van der Waals surface area contributed by atoms with Crippen LogP contribution in [0.25, 0.3) is 0 Å². The van der Waals surface area contributed by atoms with Crippen molar-refractivity contribution in [3.05, 3.63) is 18.0 Å². The molecule has 108 valence electrons. The van der Waals surface area contributed by atoms with Crippen molar-refractivity contribution in [3.63, 3.8) is 0 Å². The Bertz CT molecular complexity index is 358. The summed E-state index contributed by atoms with van der Waals surface area (Å²) in [5.74, 6) is 0. The maximum Gasteiger partial charge on any atom is 0.0576 e. The largest absolute Gasteiger partial charge is 0.378 e. The smallest absolute Gasteiger partial charge is 0.0576 e. The van der Waals surface area contributed by atoms with Crippen molar-refractivity contribution in [2.24, 2.45) is 0 Å². The first kappa shape index (κ1) is 14.5. The van der Waals surface area contributed by atoms with Crippen LogP contribution in [0.2, 0.25) is 0 Å². The van der Waals surface area contributed by atoms with Gasteiger partial charge >= 0.3 is 0 Å². The van der Waals surface area contributed by atoms with E-state index in [9.17, 15) is 0 Å². The zero-order valence-corrected chi connectivity index (χ0v) is 12.3. The SMILES string of the molecule is CCCn1cc(C(CCC2CCCO2)NCC)cn1. The van der Waals surface area contributed by atoms with Crippen molar-refractivity contribution in [1.82, 2.24) is 15.1 Å². The minimum Gasteiger partial charge on any atom is -0.378 e. The highest BCUT2D eigenvalue weighted by atomic mass is 16.5. The minimum absolute atomic E-state index is 0.416. The Morgan fingerprint density at radius 3 is 3.11 bits per heavy atom. The minimum atomic E-state index is 0.416. The zero-order chi connectivity index (χ0) is 13.5. The van der Waals surface area contributed by atoms with Gasteiger partial charge in [0.1, 0.15) is 0 Å². The normalized spacial score (nSPS) is 20.8. The Morgan fingerprint density at radius 2 is 2.42 bits per heavy atom. The molecule has 0 spiro atoms. The molecule has 0 amide bonds. The monoisotopic (exact) mass is 265 g/mol. The predicted octanol–water partition coefficient (Wildman–Crippen LogP) is 2.90. The molecule has 0 saturated carbocycles. The Morgan fingerprint density at radius 1 is 1.53 bits per heavy atom. The molecule has 1 aliphatic rings. The predicted molar refractivity (Wildman–Crippen MR) is 77.1 cm³/mol. The topological polar surface area (TPSA) is 39.1 Å². The summed E-state index contributed by atoms with van der Waals surface area (Å²) in [5.41, 5.74) is 1.31. The molecule has 1 aromatic rings. The van der Waals surface area contributed by atoms with Crippen LogP contribution in [0.4, 0.5) is 0 Å². The van der Waals surface area contributed by atoms with Crippen molar-refractivity contribution in [2.45, 2.75) is 64.6 Å². The highest BCUT2D eigenvalue weighted by Crippen LogP contribution is 2.23. The second-order valence-corrected chi connectivity index (χ2v) is 5.36. The van der Waals surface area contributed by atoms with E-state index in [1.165, 1.54) is 18.4 Å². The molecule has 0 aliphatic carbocycles. The second kappa shape index (κ2) is 7.65. The summed E-state index contributed by atoms with van der Waals surface area (Å²) in [5, 5.41) is 8.00. The van der Waals surface area contributed by atoms with Crippen LogP contribution in [-0.4, -0.2) is 29.0 Å². The van der Waals surface area contributed by atoms with Gasteiger partial charge in [-0.2, -0.15) is 5.10 Å². The van der Waals surface area contributed by atoms with Crippen LogP contribution in [0.15, 0.2) is 12.4 Å². The third-order valence-electron chi connectivity index (χ3n) is 3.76. The van der Waals surface area contributed by atoms with Crippen molar-refractivity contribution >= 4 is 0 Å². The van der Waals surface area contributed by atoms with Crippen LogP contribution in [0.1, 0.15) is 57.6 Å². The summed E-state index contributed by atoms with van der Waals surface area (Å²) in [4.78, 5) is 0. The van der Waals surface area contributed by atoms with E-state index in [2.05, 4.69) is 30.5 Å². The molecule has 4 nitrogen and oxygen atoms in total. The zero-order valence-electron chi connectivity index (χ0n) is 12.3. The van der Waals surface area contributed by atoms with E-state index in [1.807, 2.05) is 10.9 Å². The number of hydrogen-bond donors (Lipinski definition) is 1. The van der Waals surface area contributed by atoms with E-state index in [-0.39, 0.29) is 0 Å². The third-order valence-corrected chi connectivity index (χ3v) is 3.76. The summed E-state index contributed by atoms with van der Waals surface area (Å²) >= 11 is 0. The van der Waals surface area contributed by atoms with Gasteiger partial charge in [-0.3, -0.25) is 4.68 Å². The summed E-state index contributed by atoms with van der Waals surface area (Å²) in [6.45, 7) is 7.29. The van der Waals surface area contributed by atoms with Crippen molar-refractivity contribution < 1.29 is 4.74 Å². The lowest BCUT2D eigenvalue weighted by atomic mass is 10.0. The molecule has 1 saturated heterocycles. The second-order valence-electron chi connectivity index (χ2n) is 5.36. The number of aryl methyl sites for hydroxylation is 1. The maximum absolute atomic E-state index is 5.71. The number of hydrogen-bond acceptors (Lipinski definition) is 3. The fourth-order valence-electron chi connectivity index (χ4n) is 2.77. The summed E-state index contributed by atoms with van der Waals surface area (Å²) in [6, 6.07) is 0.416. The van der Waals surface area contributed by atoms with E-state index in [0.717, 1.165) is 39.0 Å². The van der Waals surface area contributed by atoms with E-state index >= 15 is 0 Å². The number of nitrogens with zero attached hydrogens (tertiary/aromatic N) is 2. The van der Waals surface area contributed by atoms with E-state index < -0.39 is 0 Å². The lowest BCUT2D eigenvalue weighted by Crippen LogP contribution is -2.22. The third kappa shape index (κ3) is 4.32. The molecule has 1 aliphatic heterocycles. The highest BCUT2D eigenvalue weighted by molar-refractivity contribution is 5.10. The van der Waals surface area contributed by atoms with Crippen molar-refractivity contribution in [1.29, 1.82) is 0 Å². The standard InChI is InChI=1S/C15H27N3O/c1-3-9-18-12-13(11-17-18)15(16-4-2)8-7-14-6-5-10-19-14/h11-12,14-16H,3-10H2,1-2H3. The molecule has 2 unspecified atom stereocenters. The van der Waals surface area contributed by atoms with E-state index in [0.29, 0.717) is 12.1 Å². The first-order chi connectivity index (χ1) is 9.33. The fourth-order valence-corrected chi connectivity index (χ4v) is 2.77. The summed E-state index contributed by atoms with van der Waals surface area (Å²) in [7, 11) is 0. The van der Waals surface area contributed by atoms with E-state index in [4.69, 9.17) is 4.74 Å². The Kier molecular flexibility index (Phi) is 5.86.